The number of amides is 2. The van der Waals surface area contributed by atoms with Crippen LogP contribution in [0, 0.1) is 0 Å². The number of ether oxygens (including phenoxy) is 1. The molecule has 136 valence electrons. The topological polar surface area (TPSA) is 66.9 Å². The maximum atomic E-state index is 13.2. The molecule has 0 aromatic heterocycles. The number of sulfone groups is 1. The van der Waals surface area contributed by atoms with Crippen LogP contribution in [0.3, 0.4) is 0 Å². The van der Waals surface area contributed by atoms with Crippen molar-refractivity contribution in [2.45, 2.75) is 12.1 Å². The lowest BCUT2D eigenvalue weighted by Gasteiger charge is -2.23. The molecular formula is C18H17ClN2O4S. The van der Waals surface area contributed by atoms with Crippen LogP contribution in [0.5, 0.6) is 5.75 Å². The Morgan fingerprint density at radius 3 is 2.19 bits per heavy atom. The summed E-state index contributed by atoms with van der Waals surface area (Å²) in [4.78, 5) is 16.3. The quantitative estimate of drug-likeness (QED) is 0.753. The Hall–Kier alpha value is -2.25. The number of urea groups is 1. The maximum Gasteiger partial charge on any atom is 0.329 e. The Labute approximate surface area is 156 Å². The Kier molecular flexibility index (Phi) is 4.08. The number of rotatable bonds is 3. The van der Waals surface area contributed by atoms with Gasteiger partial charge < -0.3 is 4.74 Å². The molecule has 0 unspecified atom stereocenters. The van der Waals surface area contributed by atoms with E-state index >= 15 is 0 Å². The first-order valence-electron chi connectivity index (χ1n) is 8.12. The van der Waals surface area contributed by atoms with Crippen LogP contribution in [0.25, 0.3) is 0 Å². The van der Waals surface area contributed by atoms with Gasteiger partial charge in [-0.05, 0) is 42.5 Å². The van der Waals surface area contributed by atoms with E-state index in [4.69, 9.17) is 16.3 Å². The predicted molar refractivity (Wildman–Crippen MR) is 101 cm³/mol. The van der Waals surface area contributed by atoms with Gasteiger partial charge in [0.05, 0.1) is 30.7 Å². The number of hydrogen-bond acceptors (Lipinski definition) is 4. The number of carbonyl (C=O) groups is 1. The summed E-state index contributed by atoms with van der Waals surface area (Å²) in [6.07, 6.45) is 0. The van der Waals surface area contributed by atoms with Gasteiger partial charge >= 0.3 is 6.03 Å². The van der Waals surface area contributed by atoms with Gasteiger partial charge in [0, 0.05) is 16.4 Å². The Morgan fingerprint density at radius 1 is 1.00 bits per heavy atom. The lowest BCUT2D eigenvalue weighted by molar-refractivity contribution is 0.255. The van der Waals surface area contributed by atoms with Gasteiger partial charge in [0.15, 0.2) is 9.84 Å². The lowest BCUT2D eigenvalue weighted by Crippen LogP contribution is -2.37. The largest absolute Gasteiger partial charge is 0.497 e. The van der Waals surface area contributed by atoms with Crippen molar-refractivity contribution in [3.63, 3.8) is 0 Å². The van der Waals surface area contributed by atoms with Crippen molar-refractivity contribution in [1.82, 2.24) is 0 Å². The average Bonchev–Trinajstić information content (AvgIpc) is 3.03. The molecule has 0 aliphatic carbocycles. The zero-order valence-electron chi connectivity index (χ0n) is 14.0. The number of fused-ring (bicyclic) bond motifs is 1. The van der Waals surface area contributed by atoms with Gasteiger partial charge in [0.25, 0.3) is 0 Å². The zero-order valence-corrected chi connectivity index (χ0v) is 15.6. The van der Waals surface area contributed by atoms with Gasteiger partial charge in [-0.25, -0.2) is 13.2 Å². The van der Waals surface area contributed by atoms with Crippen LogP contribution in [-0.2, 0) is 9.84 Å². The molecule has 8 heteroatoms. The number of methoxy groups -OCH3 is 1. The standard InChI is InChI=1S/C18H17ClN2O4S/c1-25-15-7-5-13(6-8-15)20-16-10-26(23,24)11-17(16)21(18(20)22)14-4-2-3-12(19)9-14/h2-9,16-17H,10-11H2,1H3/t16-,17+/m0/s1. The lowest BCUT2D eigenvalue weighted by atomic mass is 10.1. The van der Waals surface area contributed by atoms with Crippen LogP contribution in [0.2, 0.25) is 5.02 Å². The summed E-state index contributed by atoms with van der Waals surface area (Å²) < 4.78 is 29.7. The van der Waals surface area contributed by atoms with Crippen molar-refractivity contribution in [1.29, 1.82) is 0 Å². The number of anilines is 2. The minimum atomic E-state index is -3.23. The van der Waals surface area contributed by atoms with Crippen LogP contribution >= 0.6 is 11.6 Å². The third kappa shape index (κ3) is 2.81. The van der Waals surface area contributed by atoms with E-state index < -0.39 is 21.9 Å². The third-order valence-corrected chi connectivity index (χ3v) is 6.74. The van der Waals surface area contributed by atoms with Crippen molar-refractivity contribution in [3.8, 4) is 5.75 Å². The van der Waals surface area contributed by atoms with Crippen molar-refractivity contribution >= 4 is 38.8 Å². The molecule has 2 atom stereocenters. The van der Waals surface area contributed by atoms with Crippen LogP contribution in [0.15, 0.2) is 48.5 Å². The van der Waals surface area contributed by atoms with Crippen molar-refractivity contribution in [2.75, 3.05) is 28.4 Å². The van der Waals surface area contributed by atoms with Crippen LogP contribution in [-0.4, -0.2) is 45.1 Å². The number of carbonyl (C=O) groups excluding carboxylic acids is 1. The molecule has 2 fully saturated rings. The molecule has 2 aromatic rings. The van der Waals surface area contributed by atoms with E-state index in [1.165, 1.54) is 0 Å². The first kappa shape index (κ1) is 17.2. The van der Waals surface area contributed by atoms with E-state index in [2.05, 4.69) is 0 Å². The molecule has 6 nitrogen and oxygen atoms in total. The van der Waals surface area contributed by atoms with Crippen LogP contribution in [0.4, 0.5) is 16.2 Å². The van der Waals surface area contributed by atoms with Crippen molar-refractivity contribution in [2.24, 2.45) is 0 Å². The summed E-state index contributed by atoms with van der Waals surface area (Å²) in [5.74, 6) is 0.567. The normalized spacial score (nSPS) is 24.0. The first-order chi connectivity index (χ1) is 12.4. The van der Waals surface area contributed by atoms with Crippen molar-refractivity contribution < 1.29 is 17.9 Å². The highest BCUT2D eigenvalue weighted by Crippen LogP contribution is 2.38. The summed E-state index contributed by atoms with van der Waals surface area (Å²) in [5, 5.41) is 0.496. The van der Waals surface area contributed by atoms with E-state index in [9.17, 15) is 13.2 Å². The van der Waals surface area contributed by atoms with E-state index in [1.54, 1.807) is 65.4 Å². The SMILES string of the molecule is COc1ccc(N2C(=O)N(c3cccc(Cl)c3)[C@@H]3CS(=O)(=O)C[C@@H]32)cc1. The zero-order chi connectivity index (χ0) is 18.5. The van der Waals surface area contributed by atoms with Gasteiger partial charge in [-0.15, -0.1) is 0 Å². The number of hydrogen-bond donors (Lipinski definition) is 0. The molecule has 2 aliphatic rings. The molecule has 2 aromatic carbocycles. The van der Waals surface area contributed by atoms with E-state index in [-0.39, 0.29) is 17.5 Å². The molecule has 4 rings (SSSR count). The minimum Gasteiger partial charge on any atom is -0.497 e. The van der Waals surface area contributed by atoms with Gasteiger partial charge in [0.2, 0.25) is 0 Å². The fourth-order valence-electron chi connectivity index (χ4n) is 3.68. The highest BCUT2D eigenvalue weighted by atomic mass is 35.5. The molecule has 0 bridgehead atoms. The van der Waals surface area contributed by atoms with Gasteiger partial charge in [-0.1, -0.05) is 17.7 Å². The molecule has 0 saturated carbocycles. The van der Waals surface area contributed by atoms with Gasteiger partial charge in [0.1, 0.15) is 5.75 Å². The number of nitrogens with zero attached hydrogens (tertiary/aromatic N) is 2. The molecule has 0 spiro atoms. The molecule has 2 aliphatic heterocycles. The number of benzene rings is 2. The summed E-state index contributed by atoms with van der Waals surface area (Å²) in [6.45, 7) is 0. The molecular weight excluding hydrogens is 376 g/mol. The average molecular weight is 393 g/mol. The second kappa shape index (κ2) is 6.17. The van der Waals surface area contributed by atoms with E-state index in [0.717, 1.165) is 0 Å². The predicted octanol–water partition coefficient (Wildman–Crippen LogP) is 2.96. The fraction of sp³-hybridized carbons (Fsp3) is 0.278. The van der Waals surface area contributed by atoms with Crippen molar-refractivity contribution in [3.05, 3.63) is 53.6 Å². The molecule has 0 radical (unpaired) electrons. The maximum absolute atomic E-state index is 13.2. The highest BCUT2D eigenvalue weighted by molar-refractivity contribution is 7.91. The summed E-state index contributed by atoms with van der Waals surface area (Å²) in [5.41, 5.74) is 1.25. The monoisotopic (exact) mass is 392 g/mol. The second-order valence-corrected chi connectivity index (χ2v) is 9.00. The van der Waals surface area contributed by atoms with Crippen LogP contribution in [0.1, 0.15) is 0 Å². The minimum absolute atomic E-state index is 0.0491. The molecule has 26 heavy (non-hydrogen) atoms. The van der Waals surface area contributed by atoms with E-state index in [1.807, 2.05) is 0 Å². The summed E-state index contributed by atoms with van der Waals surface area (Å²) in [6, 6.07) is 12.8. The second-order valence-electron chi connectivity index (χ2n) is 6.41. The molecule has 2 amide bonds. The summed E-state index contributed by atoms with van der Waals surface area (Å²) in [7, 11) is -1.66. The first-order valence-corrected chi connectivity index (χ1v) is 10.3. The van der Waals surface area contributed by atoms with Gasteiger partial charge in [-0.2, -0.15) is 0 Å². The summed E-state index contributed by atoms with van der Waals surface area (Å²) >= 11 is 6.07. The van der Waals surface area contributed by atoms with E-state index in [0.29, 0.717) is 22.1 Å². The number of halogens is 1. The highest BCUT2D eigenvalue weighted by Gasteiger charge is 2.54. The Balaban J connectivity index is 1.78. The molecule has 0 N–H and O–H groups in total. The molecule has 2 heterocycles. The van der Waals surface area contributed by atoms with Crippen LogP contribution < -0.4 is 14.5 Å². The Bertz CT molecular complexity index is 961. The van der Waals surface area contributed by atoms with Gasteiger partial charge in [-0.3, -0.25) is 9.80 Å². The third-order valence-electron chi connectivity index (χ3n) is 4.81. The molecule has 2 saturated heterocycles. The fourth-order valence-corrected chi connectivity index (χ4v) is 5.78. The Morgan fingerprint density at radius 2 is 1.62 bits per heavy atom. The smallest absolute Gasteiger partial charge is 0.329 e.